The fraction of sp³-hybridized carbons (Fsp3) is 0.214. The molecule has 5 nitrogen and oxygen atoms in total. The Labute approximate surface area is 119 Å². The number of pyridine rings is 1. The minimum absolute atomic E-state index is 0.144. The van der Waals surface area contributed by atoms with Crippen molar-refractivity contribution in [2.75, 3.05) is 6.54 Å². The Morgan fingerprint density at radius 2 is 2.30 bits per heavy atom. The largest absolute Gasteiger partial charge is 0.311 e. The number of aromatic nitrogens is 3. The topological polar surface area (TPSA) is 70.7 Å². The van der Waals surface area contributed by atoms with Crippen molar-refractivity contribution in [3.63, 3.8) is 0 Å². The van der Waals surface area contributed by atoms with E-state index in [2.05, 4.69) is 20.3 Å². The molecule has 0 radical (unpaired) electrons. The molecule has 0 aliphatic rings. The van der Waals surface area contributed by atoms with Crippen LogP contribution >= 0.6 is 11.3 Å². The van der Waals surface area contributed by atoms with Crippen LogP contribution in [-0.2, 0) is 6.54 Å². The first-order valence-electron chi connectivity index (χ1n) is 6.41. The fourth-order valence-corrected chi connectivity index (χ4v) is 2.74. The zero-order valence-corrected chi connectivity index (χ0v) is 11.8. The average Bonchev–Trinajstić information content (AvgIpc) is 2.92. The minimum Gasteiger partial charge on any atom is -0.311 e. The first-order valence-corrected chi connectivity index (χ1v) is 7.29. The Kier molecular flexibility index (Phi) is 3.58. The molecule has 0 aliphatic heterocycles. The summed E-state index contributed by atoms with van der Waals surface area (Å²) >= 11 is 1.62. The van der Waals surface area contributed by atoms with Crippen molar-refractivity contribution >= 4 is 21.6 Å². The molecule has 3 heterocycles. The molecule has 0 spiro atoms. The molecule has 3 rings (SSSR count). The third-order valence-electron chi connectivity index (χ3n) is 2.93. The second-order valence-electron chi connectivity index (χ2n) is 4.39. The summed E-state index contributed by atoms with van der Waals surface area (Å²) < 4.78 is 1.09. The monoisotopic (exact) mass is 286 g/mol. The lowest BCUT2D eigenvalue weighted by Crippen LogP contribution is -2.17. The summed E-state index contributed by atoms with van der Waals surface area (Å²) in [5.74, 6) is 0.563. The first kappa shape index (κ1) is 13.0. The van der Waals surface area contributed by atoms with Crippen LogP contribution < -0.4 is 10.9 Å². The molecule has 2 N–H and O–H groups in total. The maximum Gasteiger partial charge on any atom is 0.251 e. The van der Waals surface area contributed by atoms with Crippen molar-refractivity contribution in [2.45, 2.75) is 13.5 Å². The van der Waals surface area contributed by atoms with Crippen molar-refractivity contribution in [3.8, 4) is 11.4 Å². The van der Waals surface area contributed by atoms with E-state index in [4.69, 9.17) is 0 Å². The van der Waals surface area contributed by atoms with Gasteiger partial charge in [0.05, 0.1) is 15.9 Å². The predicted octanol–water partition coefficient (Wildman–Crippen LogP) is 2.16. The Hall–Kier alpha value is -2.05. The molecule has 0 saturated heterocycles. The molecule has 0 bridgehead atoms. The molecule has 3 aromatic rings. The van der Waals surface area contributed by atoms with Gasteiger partial charge < -0.3 is 10.3 Å². The second kappa shape index (κ2) is 5.52. The normalized spacial score (nSPS) is 11.1. The van der Waals surface area contributed by atoms with Gasteiger partial charge in [-0.05, 0) is 24.1 Å². The average molecular weight is 286 g/mol. The number of rotatable bonds is 4. The molecule has 0 unspecified atom stereocenters. The number of nitrogens with zero attached hydrogens (tertiary/aromatic N) is 2. The van der Waals surface area contributed by atoms with Crippen LogP contribution in [0.2, 0.25) is 0 Å². The molecule has 20 heavy (non-hydrogen) atoms. The van der Waals surface area contributed by atoms with Gasteiger partial charge in [0, 0.05) is 24.4 Å². The second-order valence-corrected chi connectivity index (χ2v) is 5.34. The van der Waals surface area contributed by atoms with E-state index in [1.54, 1.807) is 17.5 Å². The quantitative estimate of drug-likeness (QED) is 0.771. The van der Waals surface area contributed by atoms with Crippen LogP contribution in [0.4, 0.5) is 0 Å². The van der Waals surface area contributed by atoms with E-state index in [0.717, 1.165) is 28.0 Å². The predicted molar refractivity (Wildman–Crippen MR) is 80.9 cm³/mol. The number of H-pyrrole nitrogens is 1. The lowest BCUT2D eigenvalue weighted by atomic mass is 10.2. The summed E-state index contributed by atoms with van der Waals surface area (Å²) in [6.45, 7) is 3.44. The Bertz CT molecular complexity index is 793. The van der Waals surface area contributed by atoms with E-state index in [1.165, 1.54) is 6.07 Å². The van der Waals surface area contributed by atoms with Crippen LogP contribution in [0.25, 0.3) is 21.6 Å². The molecule has 102 valence electrons. The zero-order valence-electron chi connectivity index (χ0n) is 11.0. The highest BCUT2D eigenvalue weighted by molar-refractivity contribution is 7.17. The summed E-state index contributed by atoms with van der Waals surface area (Å²) in [5, 5.41) is 5.17. The molecule has 0 amide bonds. The Morgan fingerprint density at radius 1 is 1.40 bits per heavy atom. The molecule has 0 aromatic carbocycles. The molecule has 3 aromatic heterocycles. The molecular weight excluding hydrogens is 272 g/mol. The van der Waals surface area contributed by atoms with Gasteiger partial charge in [-0.15, -0.1) is 11.3 Å². The van der Waals surface area contributed by atoms with Crippen LogP contribution in [0.15, 0.2) is 34.6 Å². The van der Waals surface area contributed by atoms with Crippen molar-refractivity contribution < 1.29 is 0 Å². The van der Waals surface area contributed by atoms with E-state index in [9.17, 15) is 4.79 Å². The van der Waals surface area contributed by atoms with E-state index in [1.807, 2.05) is 24.4 Å². The van der Waals surface area contributed by atoms with E-state index in [-0.39, 0.29) is 5.56 Å². The number of aromatic amines is 1. The number of thiophene rings is 1. The van der Waals surface area contributed by atoms with Gasteiger partial charge in [-0.2, -0.15) is 0 Å². The summed E-state index contributed by atoms with van der Waals surface area (Å²) in [6, 6.07) is 5.49. The van der Waals surface area contributed by atoms with Crippen LogP contribution in [0.1, 0.15) is 12.6 Å². The van der Waals surface area contributed by atoms with Gasteiger partial charge in [0.2, 0.25) is 0 Å². The number of hydrogen-bond donors (Lipinski definition) is 2. The molecule has 0 atom stereocenters. The van der Waals surface area contributed by atoms with Gasteiger partial charge >= 0.3 is 0 Å². The highest BCUT2D eigenvalue weighted by Crippen LogP contribution is 2.23. The first-order chi connectivity index (χ1) is 9.76. The van der Waals surface area contributed by atoms with Crippen LogP contribution in [-0.4, -0.2) is 21.5 Å². The Balaban J connectivity index is 2.03. The van der Waals surface area contributed by atoms with Gasteiger partial charge in [0.15, 0.2) is 0 Å². The summed E-state index contributed by atoms with van der Waals surface area (Å²) in [7, 11) is 0. The molecular formula is C14H14N4OS. The Morgan fingerprint density at radius 3 is 3.15 bits per heavy atom. The fourth-order valence-electron chi connectivity index (χ4n) is 1.96. The summed E-state index contributed by atoms with van der Waals surface area (Å²) in [5.41, 5.74) is 2.38. The molecule has 0 aliphatic carbocycles. The van der Waals surface area contributed by atoms with Gasteiger partial charge in [-0.25, -0.2) is 4.98 Å². The van der Waals surface area contributed by atoms with Gasteiger partial charge in [-0.3, -0.25) is 9.78 Å². The smallest absolute Gasteiger partial charge is 0.251 e. The lowest BCUT2D eigenvalue weighted by molar-refractivity contribution is 0.708. The van der Waals surface area contributed by atoms with Gasteiger partial charge in [0.25, 0.3) is 5.56 Å². The maximum atomic E-state index is 11.7. The third kappa shape index (κ3) is 2.61. The molecule has 0 saturated carbocycles. The van der Waals surface area contributed by atoms with Gasteiger partial charge in [0.1, 0.15) is 5.82 Å². The van der Waals surface area contributed by atoms with Crippen molar-refractivity contribution in [2.24, 2.45) is 0 Å². The maximum absolute atomic E-state index is 11.7. The number of nitrogens with one attached hydrogen (secondary N) is 2. The van der Waals surface area contributed by atoms with Crippen molar-refractivity contribution in [3.05, 3.63) is 45.8 Å². The van der Waals surface area contributed by atoms with Gasteiger partial charge in [-0.1, -0.05) is 6.92 Å². The minimum atomic E-state index is -0.144. The SMILES string of the molecule is CCNCc1cc(=O)[nH]c(-c2cnc3ccsc3c2)n1. The number of fused-ring (bicyclic) bond motifs is 1. The van der Waals surface area contributed by atoms with Crippen molar-refractivity contribution in [1.29, 1.82) is 0 Å². The summed E-state index contributed by atoms with van der Waals surface area (Å²) in [4.78, 5) is 23.3. The highest BCUT2D eigenvalue weighted by atomic mass is 32.1. The van der Waals surface area contributed by atoms with Crippen LogP contribution in [0.5, 0.6) is 0 Å². The molecule has 6 heteroatoms. The highest BCUT2D eigenvalue weighted by Gasteiger charge is 2.06. The molecule has 0 fully saturated rings. The van der Waals surface area contributed by atoms with E-state index in [0.29, 0.717) is 12.4 Å². The lowest BCUT2D eigenvalue weighted by Gasteiger charge is -2.05. The van der Waals surface area contributed by atoms with Crippen LogP contribution in [0.3, 0.4) is 0 Å². The summed E-state index contributed by atoms with van der Waals surface area (Å²) in [6.07, 6.45) is 1.74. The zero-order chi connectivity index (χ0) is 13.9. The standard InChI is InChI=1S/C14H14N4OS/c1-2-15-8-10-6-13(19)18-14(17-10)9-5-12-11(16-7-9)3-4-20-12/h3-7,15H,2,8H2,1H3,(H,17,18,19). The van der Waals surface area contributed by atoms with Crippen LogP contribution in [0, 0.1) is 0 Å². The van der Waals surface area contributed by atoms with Crippen molar-refractivity contribution in [1.82, 2.24) is 20.3 Å². The third-order valence-corrected chi connectivity index (χ3v) is 3.78. The van der Waals surface area contributed by atoms with E-state index >= 15 is 0 Å². The number of hydrogen-bond acceptors (Lipinski definition) is 5. The van der Waals surface area contributed by atoms with E-state index < -0.39 is 0 Å².